The Hall–Kier alpha value is -1.91. The third kappa shape index (κ3) is 18.1. The molecule has 0 saturated carbocycles. The molecule has 1 amide bonds. The Bertz CT molecular complexity index is 663. The van der Waals surface area contributed by atoms with Gasteiger partial charge < -0.3 is 10.4 Å². The number of carbonyl (C=O) groups is 1. The van der Waals surface area contributed by atoms with Crippen molar-refractivity contribution in [2.24, 2.45) is 5.18 Å². The van der Waals surface area contributed by atoms with Crippen molar-refractivity contribution in [1.29, 1.82) is 0 Å². The molecule has 2 N–H and O–H groups in total. The molecular weight excluding hydrogens is 436 g/mol. The van der Waals surface area contributed by atoms with Gasteiger partial charge >= 0.3 is 0 Å². The zero-order chi connectivity index (χ0) is 25.4. The third-order valence-corrected chi connectivity index (χ3v) is 6.88. The normalized spacial score (nSPS) is 11.0. The first-order valence-corrected chi connectivity index (χ1v) is 14.6. The van der Waals surface area contributed by atoms with Crippen molar-refractivity contribution in [3.8, 4) is 5.75 Å². The molecule has 0 aromatic heterocycles. The van der Waals surface area contributed by atoms with Crippen LogP contribution in [0.4, 0.5) is 5.69 Å². The van der Waals surface area contributed by atoms with Gasteiger partial charge in [-0.05, 0) is 35.7 Å². The van der Waals surface area contributed by atoms with Crippen LogP contribution in [0.3, 0.4) is 0 Å². The summed E-state index contributed by atoms with van der Waals surface area (Å²) in [5.74, 6) is -0.0229. The molecular formula is C30H52N2O3. The average molecular weight is 489 g/mol. The smallest absolute Gasteiger partial charge is 0.220 e. The van der Waals surface area contributed by atoms with Crippen molar-refractivity contribution in [3.63, 3.8) is 0 Å². The van der Waals surface area contributed by atoms with Crippen LogP contribution in [-0.4, -0.2) is 17.6 Å². The molecule has 1 aromatic rings. The molecule has 0 spiro atoms. The fourth-order valence-corrected chi connectivity index (χ4v) is 4.60. The average Bonchev–Trinajstić information content (AvgIpc) is 2.85. The molecule has 5 nitrogen and oxygen atoms in total. The van der Waals surface area contributed by atoms with E-state index in [-0.39, 0.29) is 17.3 Å². The van der Waals surface area contributed by atoms with E-state index in [1.54, 1.807) is 6.07 Å². The number of hydrogen-bond acceptors (Lipinski definition) is 4. The highest BCUT2D eigenvalue weighted by Gasteiger charge is 2.04. The maximum absolute atomic E-state index is 12.0. The minimum absolute atomic E-state index is 0.0436. The Morgan fingerprint density at radius 2 is 1.20 bits per heavy atom. The predicted octanol–water partition coefficient (Wildman–Crippen LogP) is 9.27. The van der Waals surface area contributed by atoms with Crippen LogP contribution < -0.4 is 5.32 Å². The second kappa shape index (κ2) is 22.5. The molecule has 0 aliphatic rings. The van der Waals surface area contributed by atoms with Gasteiger partial charge in [-0.2, -0.15) is 0 Å². The Balaban J connectivity index is 1.80. The van der Waals surface area contributed by atoms with Crippen LogP contribution in [0.1, 0.15) is 141 Å². The van der Waals surface area contributed by atoms with Gasteiger partial charge in [0.25, 0.3) is 0 Å². The SMILES string of the molecule is CCCCCCCCCCCCCCCCCCCCCC(=O)NCCc1ccc(N=O)c(O)c1. The molecule has 1 rings (SSSR count). The van der Waals surface area contributed by atoms with E-state index in [0.717, 1.165) is 18.4 Å². The Labute approximate surface area is 214 Å². The zero-order valence-corrected chi connectivity index (χ0v) is 22.5. The number of phenolic OH excluding ortho intramolecular Hbond substituents is 1. The number of hydrogen-bond donors (Lipinski definition) is 2. The maximum Gasteiger partial charge on any atom is 0.220 e. The van der Waals surface area contributed by atoms with Crippen LogP contribution >= 0.6 is 0 Å². The van der Waals surface area contributed by atoms with Crippen LogP contribution in [0.2, 0.25) is 0 Å². The van der Waals surface area contributed by atoms with E-state index < -0.39 is 0 Å². The number of phenols is 1. The highest BCUT2D eigenvalue weighted by molar-refractivity contribution is 5.75. The lowest BCUT2D eigenvalue weighted by Crippen LogP contribution is -2.25. The van der Waals surface area contributed by atoms with Gasteiger partial charge in [0, 0.05) is 13.0 Å². The molecule has 0 radical (unpaired) electrons. The third-order valence-electron chi connectivity index (χ3n) is 6.88. The topological polar surface area (TPSA) is 78.8 Å². The molecule has 35 heavy (non-hydrogen) atoms. The monoisotopic (exact) mass is 488 g/mol. The molecule has 0 atom stereocenters. The first-order valence-electron chi connectivity index (χ1n) is 14.6. The van der Waals surface area contributed by atoms with Crippen LogP contribution in [0, 0.1) is 4.91 Å². The first kappa shape index (κ1) is 31.1. The molecule has 0 saturated heterocycles. The fourth-order valence-electron chi connectivity index (χ4n) is 4.60. The maximum atomic E-state index is 12.0. The number of nitrogens with zero attached hydrogens (tertiary/aromatic N) is 1. The van der Waals surface area contributed by atoms with Gasteiger partial charge in [0.05, 0.1) is 0 Å². The second-order valence-electron chi connectivity index (χ2n) is 10.1. The predicted molar refractivity (Wildman–Crippen MR) is 148 cm³/mol. The van der Waals surface area contributed by atoms with Gasteiger partial charge in [0.1, 0.15) is 11.4 Å². The van der Waals surface area contributed by atoms with Crippen molar-refractivity contribution in [2.75, 3.05) is 6.54 Å². The molecule has 0 unspecified atom stereocenters. The molecule has 0 fully saturated rings. The summed E-state index contributed by atoms with van der Waals surface area (Å²) in [6, 6.07) is 4.78. The Morgan fingerprint density at radius 1 is 0.743 bits per heavy atom. The van der Waals surface area contributed by atoms with Gasteiger partial charge in [-0.3, -0.25) is 4.79 Å². The lowest BCUT2D eigenvalue weighted by Gasteiger charge is -2.06. The molecule has 200 valence electrons. The van der Waals surface area contributed by atoms with Gasteiger partial charge in [0.2, 0.25) is 5.91 Å². The number of nitrogens with one attached hydrogen (secondary N) is 1. The standard InChI is InChI=1S/C30H52N2O3/c1-2-3-4-5-6-7-8-9-10-11-12-13-14-15-16-17-18-19-20-21-30(34)31-25-24-27-22-23-28(32-35)29(33)26-27/h22-23,26,33H,2-21,24-25H2,1H3,(H,31,34). The number of unbranched alkanes of at least 4 members (excludes halogenated alkanes) is 18. The van der Waals surface area contributed by atoms with E-state index in [1.807, 2.05) is 0 Å². The van der Waals surface area contributed by atoms with E-state index in [0.29, 0.717) is 19.4 Å². The number of aromatic hydroxyl groups is 1. The summed E-state index contributed by atoms with van der Waals surface area (Å²) in [6.07, 6.45) is 26.9. The Morgan fingerprint density at radius 3 is 1.63 bits per heavy atom. The van der Waals surface area contributed by atoms with Crippen LogP contribution in [0.5, 0.6) is 5.75 Å². The molecule has 0 aliphatic heterocycles. The second-order valence-corrected chi connectivity index (χ2v) is 10.1. The highest BCUT2D eigenvalue weighted by Crippen LogP contribution is 2.26. The van der Waals surface area contributed by atoms with Crippen LogP contribution in [0.15, 0.2) is 23.4 Å². The van der Waals surface area contributed by atoms with Crippen molar-refractivity contribution >= 4 is 11.6 Å². The number of rotatable bonds is 24. The van der Waals surface area contributed by atoms with Crippen molar-refractivity contribution in [2.45, 2.75) is 142 Å². The summed E-state index contributed by atoms with van der Waals surface area (Å²) in [6.45, 7) is 2.81. The van der Waals surface area contributed by atoms with Crippen molar-refractivity contribution < 1.29 is 9.90 Å². The largest absolute Gasteiger partial charge is 0.506 e. The summed E-state index contributed by atoms with van der Waals surface area (Å²) in [7, 11) is 0. The number of amides is 1. The zero-order valence-electron chi connectivity index (χ0n) is 22.5. The molecule has 1 aromatic carbocycles. The summed E-state index contributed by atoms with van der Waals surface area (Å²) in [5.41, 5.74) is 0.917. The van der Waals surface area contributed by atoms with Crippen LogP contribution in [-0.2, 0) is 11.2 Å². The first-order chi connectivity index (χ1) is 17.2. The van der Waals surface area contributed by atoms with Gasteiger partial charge in [-0.15, -0.1) is 4.91 Å². The lowest BCUT2D eigenvalue weighted by molar-refractivity contribution is -0.121. The van der Waals surface area contributed by atoms with E-state index >= 15 is 0 Å². The quantitative estimate of drug-likeness (QED) is 0.112. The minimum Gasteiger partial charge on any atom is -0.506 e. The van der Waals surface area contributed by atoms with E-state index in [2.05, 4.69) is 17.4 Å². The fraction of sp³-hybridized carbons (Fsp3) is 0.767. The van der Waals surface area contributed by atoms with Gasteiger partial charge in [-0.1, -0.05) is 129 Å². The summed E-state index contributed by atoms with van der Waals surface area (Å²) >= 11 is 0. The summed E-state index contributed by atoms with van der Waals surface area (Å²) in [4.78, 5) is 22.4. The van der Waals surface area contributed by atoms with Gasteiger partial charge in [0.15, 0.2) is 0 Å². The Kier molecular flexibility index (Phi) is 20.0. The number of nitroso groups, excluding NO2 is 1. The highest BCUT2D eigenvalue weighted by atomic mass is 16.3. The lowest BCUT2D eigenvalue weighted by atomic mass is 10.0. The van der Waals surface area contributed by atoms with Gasteiger partial charge in [-0.25, -0.2) is 0 Å². The summed E-state index contributed by atoms with van der Waals surface area (Å²) in [5, 5.41) is 15.3. The summed E-state index contributed by atoms with van der Waals surface area (Å²) < 4.78 is 0. The molecule has 0 bridgehead atoms. The van der Waals surface area contributed by atoms with E-state index in [4.69, 9.17) is 0 Å². The van der Waals surface area contributed by atoms with E-state index in [1.165, 1.54) is 121 Å². The number of benzene rings is 1. The minimum atomic E-state index is -0.113. The molecule has 5 heteroatoms. The molecule has 0 aliphatic carbocycles. The van der Waals surface area contributed by atoms with Crippen molar-refractivity contribution in [1.82, 2.24) is 5.32 Å². The van der Waals surface area contributed by atoms with Crippen LogP contribution in [0.25, 0.3) is 0 Å². The number of carbonyl (C=O) groups excluding carboxylic acids is 1. The molecule has 0 heterocycles. The van der Waals surface area contributed by atoms with Crippen molar-refractivity contribution in [3.05, 3.63) is 28.7 Å². The van der Waals surface area contributed by atoms with E-state index in [9.17, 15) is 14.8 Å².